The molecule has 2 amide bonds. The summed E-state index contributed by atoms with van der Waals surface area (Å²) in [5, 5.41) is 0. The highest BCUT2D eigenvalue weighted by Crippen LogP contribution is 2.29. The van der Waals surface area contributed by atoms with Gasteiger partial charge in [0.25, 0.3) is 0 Å². The van der Waals surface area contributed by atoms with Crippen LogP contribution in [0.5, 0.6) is 0 Å². The van der Waals surface area contributed by atoms with Crippen LogP contribution >= 0.6 is 0 Å². The number of benzene rings is 2. The van der Waals surface area contributed by atoms with Crippen LogP contribution in [0.25, 0.3) is 0 Å². The zero-order valence-corrected chi connectivity index (χ0v) is 13.8. The summed E-state index contributed by atoms with van der Waals surface area (Å²) >= 11 is 0. The topological polar surface area (TPSA) is 40.6 Å². The summed E-state index contributed by atoms with van der Waals surface area (Å²) in [5.74, 6) is -0.460. The maximum atomic E-state index is 13.2. The number of halogens is 1. The number of hydrogen-bond acceptors (Lipinski definition) is 2. The second-order valence-electron chi connectivity index (χ2n) is 6.57. The van der Waals surface area contributed by atoms with Crippen molar-refractivity contribution in [3.63, 3.8) is 0 Å². The Bertz CT molecular complexity index is 819. The molecule has 2 aliphatic heterocycles. The van der Waals surface area contributed by atoms with Crippen LogP contribution in [-0.4, -0.2) is 29.3 Å². The molecule has 0 N–H and O–H groups in total. The van der Waals surface area contributed by atoms with Gasteiger partial charge in [0.15, 0.2) is 0 Å². The Morgan fingerprint density at radius 3 is 2.48 bits per heavy atom. The number of amides is 2. The van der Waals surface area contributed by atoms with Crippen LogP contribution in [0.4, 0.5) is 10.1 Å². The Labute approximate surface area is 145 Å². The molecule has 0 aromatic heterocycles. The van der Waals surface area contributed by atoms with Gasteiger partial charge >= 0.3 is 0 Å². The predicted molar refractivity (Wildman–Crippen MR) is 92.5 cm³/mol. The van der Waals surface area contributed by atoms with Gasteiger partial charge in [-0.3, -0.25) is 14.5 Å². The lowest BCUT2D eigenvalue weighted by molar-refractivity contribution is -0.134. The summed E-state index contributed by atoms with van der Waals surface area (Å²) in [6, 6.07) is 13.4. The predicted octanol–water partition coefficient (Wildman–Crippen LogP) is 2.91. The van der Waals surface area contributed by atoms with Gasteiger partial charge < -0.3 is 4.90 Å². The van der Waals surface area contributed by atoms with E-state index in [2.05, 4.69) is 6.07 Å². The van der Waals surface area contributed by atoms with Crippen molar-refractivity contribution in [2.45, 2.75) is 31.8 Å². The minimum Gasteiger partial charge on any atom is -0.336 e. The molecule has 2 aliphatic rings. The molecule has 4 nitrogen and oxygen atoms in total. The fourth-order valence-electron chi connectivity index (χ4n) is 3.74. The number of anilines is 1. The molecule has 1 fully saturated rings. The molecule has 2 aromatic carbocycles. The molecule has 5 heteroatoms. The molecule has 0 radical (unpaired) electrons. The van der Waals surface area contributed by atoms with Gasteiger partial charge in [-0.25, -0.2) is 4.39 Å². The second kappa shape index (κ2) is 6.31. The largest absolute Gasteiger partial charge is 0.336 e. The summed E-state index contributed by atoms with van der Waals surface area (Å²) in [4.78, 5) is 28.7. The van der Waals surface area contributed by atoms with Crippen LogP contribution in [0, 0.1) is 5.82 Å². The number of hydrogen-bond donors (Lipinski definition) is 0. The van der Waals surface area contributed by atoms with Crippen LogP contribution in [0.1, 0.15) is 24.0 Å². The molecule has 0 aliphatic carbocycles. The van der Waals surface area contributed by atoms with Gasteiger partial charge in [-0.1, -0.05) is 24.3 Å². The van der Waals surface area contributed by atoms with Crippen LogP contribution in [0.3, 0.4) is 0 Å². The molecular formula is C20H19FN2O2. The Balaban J connectivity index is 1.57. The molecule has 4 rings (SSSR count). The summed E-state index contributed by atoms with van der Waals surface area (Å²) in [5.41, 5.74) is 3.03. The highest BCUT2D eigenvalue weighted by molar-refractivity contribution is 6.03. The first-order valence-electron chi connectivity index (χ1n) is 8.57. The molecule has 128 valence electrons. The van der Waals surface area contributed by atoms with Crippen LogP contribution < -0.4 is 4.90 Å². The van der Waals surface area contributed by atoms with E-state index in [1.807, 2.05) is 23.1 Å². The molecule has 2 aromatic rings. The first-order chi connectivity index (χ1) is 12.1. The van der Waals surface area contributed by atoms with Gasteiger partial charge in [-0.2, -0.15) is 0 Å². The van der Waals surface area contributed by atoms with Gasteiger partial charge in [-0.15, -0.1) is 0 Å². The maximum Gasteiger partial charge on any atom is 0.246 e. The lowest BCUT2D eigenvalue weighted by Gasteiger charge is -2.33. The van der Waals surface area contributed by atoms with E-state index in [9.17, 15) is 14.0 Å². The molecule has 1 atom stereocenters. The Kier molecular flexibility index (Phi) is 3.99. The Morgan fingerprint density at radius 2 is 1.72 bits per heavy atom. The first kappa shape index (κ1) is 15.8. The standard InChI is InChI=1S/C20H19FN2O2/c21-16-5-7-17(8-6-16)23-18(9-10-19(23)24)20(25)22-12-11-14-3-1-2-4-15(14)13-22/h1-8,18H,9-13H2. The molecule has 1 unspecified atom stereocenters. The fourth-order valence-corrected chi connectivity index (χ4v) is 3.74. The number of nitrogens with zero attached hydrogens (tertiary/aromatic N) is 2. The molecule has 25 heavy (non-hydrogen) atoms. The van der Waals surface area contributed by atoms with Crippen molar-refractivity contribution in [2.75, 3.05) is 11.4 Å². The quantitative estimate of drug-likeness (QED) is 0.845. The summed E-state index contributed by atoms with van der Waals surface area (Å²) < 4.78 is 13.2. The van der Waals surface area contributed by atoms with Gasteiger partial charge in [0.2, 0.25) is 11.8 Å². The lowest BCUT2D eigenvalue weighted by Crippen LogP contribution is -2.48. The number of rotatable bonds is 2. The van der Waals surface area contributed by atoms with Gasteiger partial charge in [0, 0.05) is 25.2 Å². The number of carbonyl (C=O) groups excluding carboxylic acids is 2. The van der Waals surface area contributed by atoms with Crippen LogP contribution in [0.15, 0.2) is 48.5 Å². The van der Waals surface area contributed by atoms with Crippen molar-refractivity contribution in [2.24, 2.45) is 0 Å². The van der Waals surface area contributed by atoms with Crippen molar-refractivity contribution in [3.05, 3.63) is 65.5 Å². The monoisotopic (exact) mass is 338 g/mol. The Hall–Kier alpha value is -2.69. The van der Waals surface area contributed by atoms with E-state index < -0.39 is 6.04 Å². The normalized spacial score (nSPS) is 19.9. The second-order valence-corrected chi connectivity index (χ2v) is 6.57. The minimum absolute atomic E-state index is 0.0234. The Morgan fingerprint density at radius 1 is 1.00 bits per heavy atom. The SMILES string of the molecule is O=C(C1CCC(=O)N1c1ccc(F)cc1)N1CCc2ccccc2C1. The van der Waals surface area contributed by atoms with Crippen molar-refractivity contribution >= 4 is 17.5 Å². The lowest BCUT2D eigenvalue weighted by atomic mass is 9.99. The third kappa shape index (κ3) is 2.90. The number of fused-ring (bicyclic) bond motifs is 1. The molecule has 0 saturated carbocycles. The van der Waals surface area contributed by atoms with E-state index in [1.165, 1.54) is 28.2 Å². The van der Waals surface area contributed by atoms with E-state index in [0.717, 1.165) is 6.42 Å². The van der Waals surface area contributed by atoms with Gasteiger partial charge in [0.05, 0.1) is 0 Å². The van der Waals surface area contributed by atoms with E-state index in [4.69, 9.17) is 0 Å². The van der Waals surface area contributed by atoms with Crippen molar-refractivity contribution in [1.82, 2.24) is 4.90 Å². The third-order valence-electron chi connectivity index (χ3n) is 5.04. The zero-order chi connectivity index (χ0) is 17.4. The van der Waals surface area contributed by atoms with Gasteiger partial charge in [0.1, 0.15) is 11.9 Å². The summed E-state index contributed by atoms with van der Waals surface area (Å²) in [6.07, 6.45) is 1.69. The van der Waals surface area contributed by atoms with Crippen molar-refractivity contribution < 1.29 is 14.0 Å². The van der Waals surface area contributed by atoms with E-state index >= 15 is 0 Å². The zero-order valence-electron chi connectivity index (χ0n) is 13.8. The maximum absolute atomic E-state index is 13.2. The van der Waals surface area contributed by atoms with E-state index in [-0.39, 0.29) is 17.6 Å². The average Bonchev–Trinajstić information content (AvgIpc) is 3.03. The molecule has 0 bridgehead atoms. The first-order valence-corrected chi connectivity index (χ1v) is 8.57. The third-order valence-corrected chi connectivity index (χ3v) is 5.04. The molecule has 0 spiro atoms. The number of carbonyl (C=O) groups is 2. The van der Waals surface area contributed by atoms with E-state index in [0.29, 0.717) is 31.6 Å². The average molecular weight is 338 g/mol. The van der Waals surface area contributed by atoms with Crippen molar-refractivity contribution in [1.29, 1.82) is 0 Å². The highest BCUT2D eigenvalue weighted by atomic mass is 19.1. The van der Waals surface area contributed by atoms with Crippen LogP contribution in [-0.2, 0) is 22.6 Å². The summed E-state index contributed by atoms with van der Waals surface area (Å²) in [7, 11) is 0. The fraction of sp³-hybridized carbons (Fsp3) is 0.300. The van der Waals surface area contributed by atoms with Gasteiger partial charge in [-0.05, 0) is 48.2 Å². The smallest absolute Gasteiger partial charge is 0.246 e. The highest BCUT2D eigenvalue weighted by Gasteiger charge is 2.39. The minimum atomic E-state index is -0.497. The molecule has 2 heterocycles. The van der Waals surface area contributed by atoms with Crippen molar-refractivity contribution in [3.8, 4) is 0 Å². The van der Waals surface area contributed by atoms with E-state index in [1.54, 1.807) is 12.1 Å². The molecule has 1 saturated heterocycles. The van der Waals surface area contributed by atoms with Crippen LogP contribution in [0.2, 0.25) is 0 Å². The summed E-state index contributed by atoms with van der Waals surface area (Å²) in [6.45, 7) is 1.24. The molecular weight excluding hydrogens is 319 g/mol.